The summed E-state index contributed by atoms with van der Waals surface area (Å²) in [4.78, 5) is 42.1. The zero-order chi connectivity index (χ0) is 55.8. The van der Waals surface area contributed by atoms with Crippen LogP contribution in [-0.2, 0) is 31.6 Å². The second kappa shape index (κ2) is 25.7. The number of urea groups is 2. The average molecular weight is 1100 g/mol. The Hall–Kier alpha value is -5.28. The van der Waals surface area contributed by atoms with Crippen molar-refractivity contribution < 1.29 is 50.3 Å². The lowest BCUT2D eigenvalue weighted by Gasteiger charge is -2.32. The van der Waals surface area contributed by atoms with E-state index in [1.54, 1.807) is 17.9 Å². The molecule has 7 heterocycles. The Kier molecular flexibility index (Phi) is 19.8. The maximum Gasteiger partial charge on any atom is 0.495 e. The van der Waals surface area contributed by atoms with Crippen LogP contribution in [0, 0.1) is 37.3 Å². The Bertz CT molecular complexity index is 2670. The molecule has 2 aromatic carbocycles. The number of pyridine rings is 2. The molecule has 5 saturated heterocycles. The highest BCUT2D eigenvalue weighted by Gasteiger charge is 2.52. The number of hydrogen-bond donors (Lipinski definition) is 2. The lowest BCUT2D eigenvalue weighted by atomic mass is 9.76. The van der Waals surface area contributed by atoms with Gasteiger partial charge >= 0.3 is 25.4 Å². The van der Waals surface area contributed by atoms with Crippen LogP contribution in [0.2, 0.25) is 5.02 Å². The summed E-state index contributed by atoms with van der Waals surface area (Å²) in [6, 6.07) is 13.1. The van der Waals surface area contributed by atoms with Crippen LogP contribution >= 0.6 is 11.6 Å². The number of benzene rings is 2. The second-order valence-electron chi connectivity index (χ2n) is 21.5. The first-order chi connectivity index (χ1) is 36.5. The topological polar surface area (TPSA) is 134 Å². The van der Waals surface area contributed by atoms with Crippen molar-refractivity contribution in [3.63, 3.8) is 0 Å². The predicted molar refractivity (Wildman–Crippen MR) is 294 cm³/mol. The van der Waals surface area contributed by atoms with Gasteiger partial charge in [0, 0.05) is 75.2 Å². The number of morpholine rings is 2. The normalized spacial score (nSPS) is 20.1. The number of carbonyl (C=O) groups is 2. The second-order valence-corrected chi connectivity index (χ2v) is 21.9. The van der Waals surface area contributed by atoms with Crippen LogP contribution < -0.4 is 25.9 Å². The minimum absolute atomic E-state index is 0.0110. The summed E-state index contributed by atoms with van der Waals surface area (Å²) in [5.41, 5.74) is 4.94. The van der Waals surface area contributed by atoms with Crippen LogP contribution in [0.15, 0.2) is 48.5 Å². The number of aromatic nitrogens is 2. The number of likely N-dealkylation sites (tertiary alicyclic amines) is 2. The fraction of sp³-hybridized carbons (Fsp3) is 0.571. The number of rotatable bonds is 10. The van der Waals surface area contributed by atoms with Crippen molar-refractivity contribution in [3.8, 4) is 11.1 Å². The number of anilines is 4. The molecule has 420 valence electrons. The molecule has 2 N–H and O–H groups in total. The van der Waals surface area contributed by atoms with E-state index in [0.717, 1.165) is 123 Å². The van der Waals surface area contributed by atoms with E-state index in [4.69, 9.17) is 35.4 Å². The Balaban J connectivity index is 0.000000178. The number of ether oxygens (including phenoxy) is 2. The Morgan fingerprint density at radius 3 is 1.66 bits per heavy atom. The van der Waals surface area contributed by atoms with Gasteiger partial charge in [0.05, 0.1) is 49.0 Å². The summed E-state index contributed by atoms with van der Waals surface area (Å²) < 4.78 is 89.9. The van der Waals surface area contributed by atoms with Crippen molar-refractivity contribution in [2.24, 2.45) is 11.8 Å². The van der Waals surface area contributed by atoms with Crippen molar-refractivity contribution in [2.45, 2.75) is 118 Å². The summed E-state index contributed by atoms with van der Waals surface area (Å²) in [6.45, 7) is 25.5. The molecule has 9 rings (SSSR count). The van der Waals surface area contributed by atoms with Crippen molar-refractivity contribution in [1.29, 1.82) is 0 Å². The molecule has 4 amide bonds. The largest absolute Gasteiger partial charge is 0.495 e. The van der Waals surface area contributed by atoms with Crippen LogP contribution in [0.25, 0.3) is 11.1 Å². The van der Waals surface area contributed by atoms with Gasteiger partial charge in [-0.25, -0.2) is 28.3 Å². The molecule has 0 aliphatic carbocycles. The first kappa shape index (κ1) is 59.4. The van der Waals surface area contributed by atoms with Crippen molar-refractivity contribution in [1.82, 2.24) is 19.8 Å². The highest BCUT2D eigenvalue weighted by atomic mass is 35.5. The molecular weight excluding hydrogens is 1020 g/mol. The Morgan fingerprint density at radius 2 is 1.16 bits per heavy atom. The molecule has 0 radical (unpaired) electrons. The lowest BCUT2D eigenvalue weighted by Crippen LogP contribution is -2.41. The minimum Gasteiger partial charge on any atom is -0.399 e. The highest BCUT2D eigenvalue weighted by Crippen LogP contribution is 2.38. The van der Waals surface area contributed by atoms with Crippen LogP contribution in [0.4, 0.5) is 54.6 Å². The van der Waals surface area contributed by atoms with Gasteiger partial charge in [-0.3, -0.25) is 0 Å². The van der Waals surface area contributed by atoms with Crippen molar-refractivity contribution in [2.75, 3.05) is 99.2 Å². The molecule has 5 fully saturated rings. The molecule has 0 saturated carbocycles. The summed E-state index contributed by atoms with van der Waals surface area (Å²) in [7, 11) is -0.728. The highest BCUT2D eigenvalue weighted by molar-refractivity contribution is 6.62. The van der Waals surface area contributed by atoms with Crippen molar-refractivity contribution >= 4 is 59.3 Å². The third-order valence-electron chi connectivity index (χ3n) is 15.3. The van der Waals surface area contributed by atoms with Gasteiger partial charge in [-0.2, -0.15) is 13.2 Å². The van der Waals surface area contributed by atoms with E-state index in [2.05, 4.69) is 58.3 Å². The maximum absolute atomic E-state index is 14.8. The standard InChI is InChI=1S/C25H33FN4O2.C20H27BF4N2O3.C11H15ClN2O/c1-4-18-6-7-30(16-18)25(31)28-23-15-21(17(3)12-22(23)26)19-13-20(5-2)27-24(14-19)29-8-10-32-11-9-29;1-12-8-15(22)16(9-14(12)21-29-18(2,3)19(4,5)30-21)26-17(28)27-7-6-13(11-27)10-20(23,24)25;1-2-10-7-9(12)8-11(13-10)14-3-5-15-6-4-14/h12-15,18H,4-11,16H2,1-3H3,(H,28,31);8-9,13H,6-7,10-11H2,1-5H3,(H,26,28);7-8H,2-6H2,1H3/t18-;13-;/m10./s1. The zero-order valence-electron chi connectivity index (χ0n) is 46.0. The van der Waals surface area contributed by atoms with Crippen molar-refractivity contribution in [3.05, 3.63) is 87.7 Å². The van der Waals surface area contributed by atoms with E-state index in [1.807, 2.05) is 46.8 Å². The number of nitrogens with one attached hydrogen (secondary N) is 2. The molecule has 21 heteroatoms. The Morgan fingerprint density at radius 1 is 0.675 bits per heavy atom. The molecule has 2 atom stereocenters. The van der Waals surface area contributed by atoms with Gasteiger partial charge in [-0.05, 0) is 155 Å². The van der Waals surface area contributed by atoms with E-state index in [1.165, 1.54) is 23.1 Å². The lowest BCUT2D eigenvalue weighted by molar-refractivity contribution is -0.143. The third-order valence-corrected chi connectivity index (χ3v) is 15.5. The Labute approximate surface area is 455 Å². The minimum atomic E-state index is -4.27. The van der Waals surface area contributed by atoms with Gasteiger partial charge in [0.25, 0.3) is 0 Å². The van der Waals surface area contributed by atoms with Gasteiger partial charge in [0.1, 0.15) is 23.3 Å². The summed E-state index contributed by atoms with van der Waals surface area (Å²) in [5, 5.41) is 6.06. The quantitative estimate of drug-likeness (QED) is 0.117. The monoisotopic (exact) mass is 1100 g/mol. The van der Waals surface area contributed by atoms with Gasteiger partial charge in [0.15, 0.2) is 0 Å². The predicted octanol–water partition coefficient (Wildman–Crippen LogP) is 11.2. The number of carbonyl (C=O) groups excluding carboxylic acids is 2. The molecule has 5 aliphatic heterocycles. The maximum atomic E-state index is 14.8. The molecule has 5 aliphatic rings. The summed E-state index contributed by atoms with van der Waals surface area (Å²) in [6.07, 6.45) is -1.14. The van der Waals surface area contributed by atoms with Gasteiger partial charge in [-0.1, -0.05) is 38.8 Å². The van der Waals surface area contributed by atoms with Crippen LogP contribution in [-0.4, -0.2) is 135 Å². The number of amides is 4. The number of halogens is 6. The first-order valence-corrected chi connectivity index (χ1v) is 27.3. The smallest absolute Gasteiger partial charge is 0.399 e. The molecule has 0 bridgehead atoms. The molecule has 0 spiro atoms. The molecule has 2 aromatic heterocycles. The zero-order valence-corrected chi connectivity index (χ0v) is 46.7. The van der Waals surface area contributed by atoms with E-state index < -0.39 is 54.5 Å². The molecule has 0 unspecified atom stereocenters. The number of aryl methyl sites for hydroxylation is 4. The van der Waals surface area contributed by atoms with Gasteiger partial charge in [0.2, 0.25) is 0 Å². The van der Waals surface area contributed by atoms with Gasteiger partial charge < -0.3 is 49.0 Å². The average Bonchev–Trinajstić information content (AvgIpc) is 4.13. The molecule has 77 heavy (non-hydrogen) atoms. The fourth-order valence-corrected chi connectivity index (χ4v) is 10.1. The van der Waals surface area contributed by atoms with Crippen LogP contribution in [0.5, 0.6) is 0 Å². The number of alkyl halides is 3. The first-order valence-electron chi connectivity index (χ1n) is 26.9. The van der Waals surface area contributed by atoms with Crippen LogP contribution in [0.1, 0.15) is 96.7 Å². The summed E-state index contributed by atoms with van der Waals surface area (Å²) in [5.74, 6) is 0.736. The SMILES string of the molecule is CCc1cc(-c2cc(NC(=O)N3CC[C@@H](CC)C3)c(F)cc2C)cc(N2CCOCC2)n1.CCc1cc(Cl)cc(N2CCOCC2)n1.Cc1cc(F)c(NC(=O)N2CC[C@@H](CC(F)(F)F)C2)cc1B1OC(C)(C)C(C)(C)O1. The van der Waals surface area contributed by atoms with E-state index >= 15 is 0 Å². The summed E-state index contributed by atoms with van der Waals surface area (Å²) >= 11 is 6.05. The van der Waals surface area contributed by atoms with Crippen LogP contribution in [0.3, 0.4) is 0 Å². The van der Waals surface area contributed by atoms with E-state index in [-0.39, 0.29) is 36.9 Å². The third kappa shape index (κ3) is 15.5. The number of hydrogen-bond acceptors (Lipinski definition) is 10. The van der Waals surface area contributed by atoms with Gasteiger partial charge in [-0.15, -0.1) is 0 Å². The molecule has 4 aromatic rings. The van der Waals surface area contributed by atoms with E-state index in [0.29, 0.717) is 30.2 Å². The molecular formula is C56H75BClF5N8O6. The van der Waals surface area contributed by atoms with E-state index in [9.17, 15) is 31.5 Å². The number of nitrogens with zero attached hydrogens (tertiary/aromatic N) is 6. The fourth-order valence-electron chi connectivity index (χ4n) is 9.87. The molecule has 14 nitrogen and oxygen atoms in total.